The number of hydrogen-bond donors (Lipinski definition) is 3. The predicted molar refractivity (Wildman–Crippen MR) is 101 cm³/mol. The van der Waals surface area contributed by atoms with Crippen LogP contribution in [0.15, 0.2) is 53.4 Å². The van der Waals surface area contributed by atoms with Crippen LogP contribution in [-0.2, 0) is 21.0 Å². The Morgan fingerprint density at radius 1 is 1.07 bits per heavy atom. The number of nitro groups is 1. The summed E-state index contributed by atoms with van der Waals surface area (Å²) in [5, 5.41) is 15.7. The number of rotatable bonds is 9. The molecule has 0 atom stereocenters. The second-order valence-electron chi connectivity index (χ2n) is 5.93. The third-order valence-electron chi connectivity index (χ3n) is 3.72. The van der Waals surface area contributed by atoms with E-state index in [1.807, 2.05) is 0 Å². The highest BCUT2D eigenvalue weighted by atomic mass is 32.2. The molecule has 0 aliphatic heterocycles. The smallest absolute Gasteiger partial charge is 0.376 e. The van der Waals surface area contributed by atoms with Crippen molar-refractivity contribution < 1.29 is 31.3 Å². The Labute approximate surface area is 169 Å². The summed E-state index contributed by atoms with van der Waals surface area (Å²) in [4.78, 5) is 21.5. The zero-order valence-electron chi connectivity index (χ0n) is 15.3. The monoisotopic (exact) mass is 446 g/mol. The Kier molecular flexibility index (Phi) is 7.34. The number of alkyl halides is 3. The lowest BCUT2D eigenvalue weighted by Crippen LogP contribution is -2.37. The summed E-state index contributed by atoms with van der Waals surface area (Å²) in [6.45, 7) is -0.615. The largest absolute Gasteiger partial charge is 0.416 e. The van der Waals surface area contributed by atoms with E-state index in [0.29, 0.717) is 0 Å². The highest BCUT2D eigenvalue weighted by molar-refractivity contribution is 7.89. The molecule has 0 saturated carbocycles. The third-order valence-corrected chi connectivity index (χ3v) is 5.18. The molecule has 0 radical (unpaired) electrons. The van der Waals surface area contributed by atoms with Crippen molar-refractivity contribution in [3.05, 3.63) is 64.2 Å². The number of amides is 1. The molecule has 0 aliphatic carbocycles. The normalized spacial score (nSPS) is 11.7. The minimum Gasteiger partial charge on any atom is -0.376 e. The topological polar surface area (TPSA) is 130 Å². The fraction of sp³-hybridized carbons (Fsp3) is 0.235. The number of nitro benzene ring substituents is 1. The minimum atomic E-state index is -4.50. The van der Waals surface area contributed by atoms with E-state index in [4.69, 9.17) is 0 Å². The molecule has 3 N–H and O–H groups in total. The van der Waals surface area contributed by atoms with E-state index in [1.165, 1.54) is 24.3 Å². The van der Waals surface area contributed by atoms with Crippen LogP contribution in [0.5, 0.6) is 0 Å². The van der Waals surface area contributed by atoms with Crippen molar-refractivity contribution in [3.8, 4) is 0 Å². The lowest BCUT2D eigenvalue weighted by molar-refractivity contribution is -0.385. The molecule has 1 amide bonds. The molecule has 0 aromatic heterocycles. The van der Waals surface area contributed by atoms with Crippen molar-refractivity contribution in [1.29, 1.82) is 0 Å². The van der Waals surface area contributed by atoms with Gasteiger partial charge >= 0.3 is 6.18 Å². The molecule has 2 rings (SSSR count). The van der Waals surface area contributed by atoms with Crippen molar-refractivity contribution in [1.82, 2.24) is 10.0 Å². The number of benzene rings is 2. The number of carbonyl (C=O) groups is 1. The first-order valence-electron chi connectivity index (χ1n) is 8.41. The minimum absolute atomic E-state index is 0.0999. The van der Waals surface area contributed by atoms with Gasteiger partial charge in [0, 0.05) is 30.9 Å². The average molecular weight is 446 g/mol. The summed E-state index contributed by atoms with van der Waals surface area (Å²) in [6.07, 6.45) is -4.50. The van der Waals surface area contributed by atoms with Gasteiger partial charge in [-0.1, -0.05) is 12.1 Å². The second-order valence-corrected chi connectivity index (χ2v) is 7.70. The lowest BCUT2D eigenvalue weighted by atomic mass is 10.2. The van der Waals surface area contributed by atoms with Crippen LogP contribution in [-0.4, -0.2) is 38.9 Å². The van der Waals surface area contributed by atoms with Crippen LogP contribution in [0.3, 0.4) is 0 Å². The molecule has 0 aliphatic rings. The molecule has 0 fully saturated rings. The zero-order chi connectivity index (χ0) is 22.4. The zero-order valence-corrected chi connectivity index (χ0v) is 16.1. The molecule has 9 nitrogen and oxygen atoms in total. The van der Waals surface area contributed by atoms with Crippen LogP contribution in [0.4, 0.5) is 24.5 Å². The SMILES string of the molecule is O=C(CNc1cccc(C(F)(F)F)c1)NCCNS(=O)(=O)c1cccc([N+](=O)[O-])c1. The first-order chi connectivity index (χ1) is 14.0. The van der Waals surface area contributed by atoms with Crippen molar-refractivity contribution in [2.24, 2.45) is 0 Å². The van der Waals surface area contributed by atoms with E-state index in [9.17, 15) is 36.5 Å². The Hall–Kier alpha value is -3.19. The summed E-state index contributed by atoms with van der Waals surface area (Å²) in [6, 6.07) is 8.80. The number of nitrogens with zero attached hydrogens (tertiary/aromatic N) is 1. The molecule has 0 heterocycles. The summed E-state index contributed by atoms with van der Waals surface area (Å²) in [5.41, 5.74) is -1.14. The van der Waals surface area contributed by atoms with Gasteiger partial charge in [0.25, 0.3) is 5.69 Å². The molecule has 0 saturated heterocycles. The number of halogens is 3. The van der Waals surface area contributed by atoms with Crippen LogP contribution < -0.4 is 15.4 Å². The number of non-ortho nitro benzene ring substituents is 1. The first kappa shape index (κ1) is 23.1. The maximum Gasteiger partial charge on any atom is 0.416 e. The van der Waals surface area contributed by atoms with Crippen molar-refractivity contribution in [2.75, 3.05) is 25.0 Å². The molecule has 0 bridgehead atoms. The van der Waals surface area contributed by atoms with Gasteiger partial charge in [0.05, 0.1) is 21.9 Å². The standard InChI is InChI=1S/C17H17F3N4O5S/c18-17(19,20)12-3-1-4-13(9-12)22-11-16(25)21-7-8-23-30(28,29)15-6-2-5-14(10-15)24(26)27/h1-6,9-10,22-23H,7-8,11H2,(H,21,25). The average Bonchev–Trinajstić information content (AvgIpc) is 2.69. The first-order valence-corrected chi connectivity index (χ1v) is 9.89. The van der Waals surface area contributed by atoms with E-state index < -0.39 is 32.6 Å². The van der Waals surface area contributed by atoms with E-state index in [2.05, 4.69) is 15.4 Å². The van der Waals surface area contributed by atoms with E-state index in [0.717, 1.165) is 24.3 Å². The lowest BCUT2D eigenvalue weighted by Gasteiger charge is -2.11. The van der Waals surface area contributed by atoms with E-state index >= 15 is 0 Å². The Balaban J connectivity index is 1.80. The summed E-state index contributed by atoms with van der Waals surface area (Å²) in [5.74, 6) is -0.568. The van der Waals surface area contributed by atoms with Crippen molar-refractivity contribution in [3.63, 3.8) is 0 Å². The third kappa shape index (κ3) is 6.70. The predicted octanol–water partition coefficient (Wildman–Crippen LogP) is 2.12. The van der Waals surface area contributed by atoms with Gasteiger partial charge in [-0.3, -0.25) is 14.9 Å². The van der Waals surface area contributed by atoms with Crippen LogP contribution in [0, 0.1) is 10.1 Å². The molecule has 162 valence electrons. The number of nitrogens with one attached hydrogen (secondary N) is 3. The summed E-state index contributed by atoms with van der Waals surface area (Å²) in [7, 11) is -4.02. The van der Waals surface area contributed by atoms with Gasteiger partial charge < -0.3 is 10.6 Å². The molecule has 0 unspecified atom stereocenters. The van der Waals surface area contributed by atoms with E-state index in [1.54, 1.807) is 0 Å². The molecule has 13 heteroatoms. The van der Waals surface area contributed by atoms with Gasteiger partial charge in [-0.25, -0.2) is 13.1 Å². The van der Waals surface area contributed by atoms with Crippen LogP contribution >= 0.6 is 0 Å². The Morgan fingerprint density at radius 2 is 1.77 bits per heavy atom. The second kappa shape index (κ2) is 9.54. The quantitative estimate of drug-likeness (QED) is 0.307. The molecule has 2 aromatic carbocycles. The van der Waals surface area contributed by atoms with Gasteiger partial charge in [-0.05, 0) is 24.3 Å². The van der Waals surface area contributed by atoms with Crippen molar-refractivity contribution in [2.45, 2.75) is 11.1 Å². The molecular formula is C17H17F3N4O5S. The number of carbonyl (C=O) groups excluding carboxylic acids is 1. The number of sulfonamides is 1. The fourth-order valence-corrected chi connectivity index (χ4v) is 3.36. The number of hydrogen-bond acceptors (Lipinski definition) is 6. The van der Waals surface area contributed by atoms with Crippen LogP contribution in [0.1, 0.15) is 5.56 Å². The van der Waals surface area contributed by atoms with Crippen LogP contribution in [0.25, 0.3) is 0 Å². The molecule has 30 heavy (non-hydrogen) atoms. The molecular weight excluding hydrogens is 429 g/mol. The van der Waals surface area contributed by atoms with Gasteiger partial charge in [0.1, 0.15) is 0 Å². The van der Waals surface area contributed by atoms with Gasteiger partial charge in [0.15, 0.2) is 0 Å². The maximum atomic E-state index is 12.7. The van der Waals surface area contributed by atoms with Crippen LogP contribution in [0.2, 0.25) is 0 Å². The van der Waals surface area contributed by atoms with E-state index in [-0.39, 0.29) is 35.9 Å². The fourth-order valence-electron chi connectivity index (χ4n) is 2.29. The Bertz CT molecular complexity index is 1030. The summed E-state index contributed by atoms with van der Waals surface area (Å²) >= 11 is 0. The Morgan fingerprint density at radius 3 is 2.43 bits per heavy atom. The maximum absolute atomic E-state index is 12.7. The van der Waals surface area contributed by atoms with Crippen molar-refractivity contribution >= 4 is 27.3 Å². The van der Waals surface area contributed by atoms with Gasteiger partial charge in [-0.2, -0.15) is 13.2 Å². The molecule has 0 spiro atoms. The molecule has 2 aromatic rings. The summed E-state index contributed by atoms with van der Waals surface area (Å²) < 4.78 is 64.4. The van der Waals surface area contributed by atoms with Gasteiger partial charge in [0.2, 0.25) is 15.9 Å². The van der Waals surface area contributed by atoms with Gasteiger partial charge in [-0.15, -0.1) is 0 Å². The highest BCUT2D eigenvalue weighted by Gasteiger charge is 2.30. The highest BCUT2D eigenvalue weighted by Crippen LogP contribution is 2.30. The number of anilines is 1.